The lowest BCUT2D eigenvalue weighted by Crippen LogP contribution is -2.06. The van der Waals surface area contributed by atoms with E-state index in [1.165, 1.54) is 0 Å². The van der Waals surface area contributed by atoms with Crippen molar-refractivity contribution >= 4 is 6.29 Å². The predicted octanol–water partition coefficient (Wildman–Crippen LogP) is 3.17. The van der Waals surface area contributed by atoms with Crippen LogP contribution in [0.4, 0.5) is 0 Å². The van der Waals surface area contributed by atoms with Crippen molar-refractivity contribution in [3.05, 3.63) is 42.2 Å². The highest BCUT2D eigenvalue weighted by molar-refractivity contribution is 5.72. The van der Waals surface area contributed by atoms with Crippen LogP contribution in [0.25, 0.3) is 11.3 Å². The van der Waals surface area contributed by atoms with Gasteiger partial charge in [-0.15, -0.1) is 0 Å². The summed E-state index contributed by atoms with van der Waals surface area (Å²) in [4.78, 5) is 10.6. The maximum Gasteiger partial charge on any atom is 0.185 e. The first kappa shape index (κ1) is 13.4. The van der Waals surface area contributed by atoms with Crippen LogP contribution in [-0.2, 0) is 4.74 Å². The Bertz CT molecular complexity index is 513. The van der Waals surface area contributed by atoms with Gasteiger partial charge in [-0.2, -0.15) is 0 Å². The van der Waals surface area contributed by atoms with Crippen molar-refractivity contribution in [1.82, 2.24) is 0 Å². The smallest absolute Gasteiger partial charge is 0.185 e. The number of benzene rings is 1. The van der Waals surface area contributed by atoms with Gasteiger partial charge in [0, 0.05) is 12.2 Å². The molecule has 0 saturated carbocycles. The Morgan fingerprint density at radius 3 is 2.53 bits per heavy atom. The molecule has 2 rings (SSSR count). The third kappa shape index (κ3) is 3.69. The van der Waals surface area contributed by atoms with E-state index >= 15 is 0 Å². The molecule has 1 heterocycles. The highest BCUT2D eigenvalue weighted by Crippen LogP contribution is 2.24. The average molecular weight is 260 g/mol. The van der Waals surface area contributed by atoms with E-state index < -0.39 is 0 Å². The molecule has 4 heteroatoms. The van der Waals surface area contributed by atoms with E-state index in [0.717, 1.165) is 11.3 Å². The number of ether oxygens (including phenoxy) is 2. The van der Waals surface area contributed by atoms with E-state index in [9.17, 15) is 4.79 Å². The van der Waals surface area contributed by atoms with E-state index in [1.807, 2.05) is 31.2 Å². The molecular formula is C15H16O4. The Balaban J connectivity index is 1.96. The van der Waals surface area contributed by atoms with Gasteiger partial charge in [-0.1, -0.05) is 0 Å². The highest BCUT2D eigenvalue weighted by atomic mass is 16.5. The fraction of sp³-hybridized carbons (Fsp3) is 0.267. The minimum atomic E-state index is 0.326. The lowest BCUT2D eigenvalue weighted by Gasteiger charge is -2.06. The molecule has 0 aliphatic heterocycles. The van der Waals surface area contributed by atoms with Crippen LogP contribution in [0.3, 0.4) is 0 Å². The summed E-state index contributed by atoms with van der Waals surface area (Å²) in [6.45, 7) is 3.76. The SMILES string of the molecule is CCOCCOc1ccc(-c2ccc(C=O)o2)cc1. The first-order valence-electron chi connectivity index (χ1n) is 6.19. The molecule has 4 nitrogen and oxygen atoms in total. The van der Waals surface area contributed by atoms with Crippen molar-refractivity contribution < 1.29 is 18.7 Å². The van der Waals surface area contributed by atoms with E-state index in [4.69, 9.17) is 13.9 Å². The quantitative estimate of drug-likeness (QED) is 0.566. The topological polar surface area (TPSA) is 48.7 Å². The van der Waals surface area contributed by atoms with Crippen molar-refractivity contribution in [2.75, 3.05) is 19.8 Å². The summed E-state index contributed by atoms with van der Waals surface area (Å²) in [5.41, 5.74) is 0.908. The number of rotatable bonds is 7. The molecule has 0 amide bonds. The van der Waals surface area contributed by atoms with Gasteiger partial charge in [-0.25, -0.2) is 0 Å². The summed E-state index contributed by atoms with van der Waals surface area (Å²) < 4.78 is 16.0. The molecule has 0 atom stereocenters. The molecule has 0 N–H and O–H groups in total. The summed E-state index contributed by atoms with van der Waals surface area (Å²) >= 11 is 0. The third-order valence-corrected chi connectivity index (χ3v) is 2.58. The van der Waals surface area contributed by atoms with Gasteiger partial charge in [0.2, 0.25) is 0 Å². The zero-order chi connectivity index (χ0) is 13.5. The second-order valence-corrected chi connectivity index (χ2v) is 3.89. The number of carbonyl (C=O) groups is 1. The second kappa shape index (κ2) is 6.75. The van der Waals surface area contributed by atoms with Gasteiger partial charge in [0.1, 0.15) is 18.1 Å². The summed E-state index contributed by atoms with van der Waals surface area (Å²) in [6, 6.07) is 10.9. The van der Waals surface area contributed by atoms with Crippen LogP contribution in [0.5, 0.6) is 5.75 Å². The number of hydrogen-bond acceptors (Lipinski definition) is 4. The molecular weight excluding hydrogens is 244 g/mol. The molecule has 1 aromatic heterocycles. The monoisotopic (exact) mass is 260 g/mol. The second-order valence-electron chi connectivity index (χ2n) is 3.89. The number of hydrogen-bond donors (Lipinski definition) is 0. The minimum absolute atomic E-state index is 0.326. The van der Waals surface area contributed by atoms with Crippen LogP contribution in [0.2, 0.25) is 0 Å². The van der Waals surface area contributed by atoms with Crippen molar-refractivity contribution in [2.24, 2.45) is 0 Å². The molecule has 0 bridgehead atoms. The molecule has 0 fully saturated rings. The molecule has 2 aromatic rings. The van der Waals surface area contributed by atoms with Crippen LogP contribution in [0.15, 0.2) is 40.8 Å². The maximum atomic E-state index is 10.6. The van der Waals surface area contributed by atoms with E-state index in [-0.39, 0.29) is 0 Å². The minimum Gasteiger partial charge on any atom is -0.491 e. The van der Waals surface area contributed by atoms with Crippen molar-refractivity contribution in [3.63, 3.8) is 0 Å². The zero-order valence-corrected chi connectivity index (χ0v) is 10.8. The van der Waals surface area contributed by atoms with Crippen molar-refractivity contribution in [3.8, 4) is 17.1 Å². The van der Waals surface area contributed by atoms with Gasteiger partial charge in [0.15, 0.2) is 12.0 Å². The molecule has 0 aliphatic carbocycles. The Morgan fingerprint density at radius 1 is 1.11 bits per heavy atom. The lowest BCUT2D eigenvalue weighted by atomic mass is 10.2. The Morgan fingerprint density at radius 2 is 1.89 bits per heavy atom. The standard InChI is InChI=1S/C15H16O4/c1-2-17-9-10-18-13-5-3-12(4-6-13)15-8-7-14(11-16)19-15/h3-8,11H,2,9-10H2,1H3. The van der Waals surface area contributed by atoms with Crippen molar-refractivity contribution in [1.29, 1.82) is 0 Å². The molecule has 0 spiro atoms. The molecule has 1 aromatic carbocycles. The van der Waals surface area contributed by atoms with Crippen LogP contribution < -0.4 is 4.74 Å². The predicted molar refractivity (Wildman–Crippen MR) is 71.5 cm³/mol. The van der Waals surface area contributed by atoms with Gasteiger partial charge in [0.25, 0.3) is 0 Å². The van der Waals surface area contributed by atoms with E-state index in [1.54, 1.807) is 12.1 Å². The third-order valence-electron chi connectivity index (χ3n) is 2.58. The molecule has 100 valence electrons. The summed E-state index contributed by atoms with van der Waals surface area (Å²) in [6.07, 6.45) is 0.689. The first-order valence-corrected chi connectivity index (χ1v) is 6.19. The Kier molecular flexibility index (Phi) is 4.75. The average Bonchev–Trinajstić information content (AvgIpc) is 2.93. The van der Waals surface area contributed by atoms with Crippen LogP contribution in [-0.4, -0.2) is 26.1 Å². The first-order chi connectivity index (χ1) is 9.33. The van der Waals surface area contributed by atoms with E-state index in [2.05, 4.69) is 0 Å². The van der Waals surface area contributed by atoms with Gasteiger partial charge in [0.05, 0.1) is 6.61 Å². The van der Waals surface area contributed by atoms with Gasteiger partial charge < -0.3 is 13.9 Å². The highest BCUT2D eigenvalue weighted by Gasteiger charge is 2.04. The van der Waals surface area contributed by atoms with Crippen molar-refractivity contribution in [2.45, 2.75) is 6.92 Å². The molecule has 19 heavy (non-hydrogen) atoms. The molecule has 0 aliphatic rings. The lowest BCUT2D eigenvalue weighted by molar-refractivity contribution is 0.110. The van der Waals surface area contributed by atoms with Gasteiger partial charge in [-0.3, -0.25) is 4.79 Å². The fourth-order valence-electron chi connectivity index (χ4n) is 1.65. The van der Waals surface area contributed by atoms with Gasteiger partial charge in [-0.05, 0) is 43.3 Å². The zero-order valence-electron chi connectivity index (χ0n) is 10.8. The van der Waals surface area contributed by atoms with Crippen LogP contribution in [0, 0.1) is 0 Å². The molecule has 0 saturated heterocycles. The summed E-state index contributed by atoms with van der Waals surface area (Å²) in [5, 5.41) is 0. The Hall–Kier alpha value is -2.07. The van der Waals surface area contributed by atoms with E-state index in [0.29, 0.717) is 37.6 Å². The number of furan rings is 1. The van der Waals surface area contributed by atoms with Crippen LogP contribution >= 0.6 is 0 Å². The summed E-state index contributed by atoms with van der Waals surface area (Å²) in [5.74, 6) is 1.78. The number of carbonyl (C=O) groups excluding carboxylic acids is 1. The molecule has 0 radical (unpaired) electrons. The normalized spacial score (nSPS) is 10.4. The fourth-order valence-corrected chi connectivity index (χ4v) is 1.65. The summed E-state index contributed by atoms with van der Waals surface area (Å²) in [7, 11) is 0. The number of aldehydes is 1. The molecule has 0 unspecified atom stereocenters. The van der Waals surface area contributed by atoms with Gasteiger partial charge >= 0.3 is 0 Å². The largest absolute Gasteiger partial charge is 0.491 e. The maximum absolute atomic E-state index is 10.6. The Labute approximate surface area is 111 Å². The van der Waals surface area contributed by atoms with Crippen LogP contribution in [0.1, 0.15) is 17.5 Å².